The minimum atomic E-state index is -0.379. The van der Waals surface area contributed by atoms with Crippen LogP contribution >= 0.6 is 11.3 Å². The van der Waals surface area contributed by atoms with Gasteiger partial charge >= 0.3 is 0 Å². The van der Waals surface area contributed by atoms with Crippen LogP contribution in [0.15, 0.2) is 12.1 Å². The summed E-state index contributed by atoms with van der Waals surface area (Å²) in [6.07, 6.45) is 0.665. The van der Waals surface area contributed by atoms with Crippen molar-refractivity contribution in [2.45, 2.75) is 20.3 Å². The van der Waals surface area contributed by atoms with Crippen molar-refractivity contribution in [2.24, 2.45) is 0 Å². The van der Waals surface area contributed by atoms with Crippen molar-refractivity contribution in [1.82, 2.24) is 4.98 Å². The summed E-state index contributed by atoms with van der Waals surface area (Å²) < 4.78 is 14.3. The number of carbonyl (C=O) groups excluding carboxylic acids is 1. The third-order valence-electron chi connectivity index (χ3n) is 3.48. The highest BCUT2D eigenvalue weighted by Gasteiger charge is 2.27. The first-order chi connectivity index (χ1) is 9.47. The van der Waals surface area contributed by atoms with E-state index in [-0.39, 0.29) is 11.7 Å². The molecule has 2 aromatic rings. The van der Waals surface area contributed by atoms with Crippen LogP contribution in [0.5, 0.6) is 0 Å². The zero-order chi connectivity index (χ0) is 14.4. The average molecular weight is 291 g/mol. The molecule has 0 aliphatic carbocycles. The molecule has 0 atom stereocenters. The Morgan fingerprint density at radius 2 is 2.25 bits per heavy atom. The van der Waals surface area contributed by atoms with Crippen LogP contribution in [0.3, 0.4) is 0 Å². The van der Waals surface area contributed by atoms with Crippen molar-refractivity contribution in [2.75, 3.05) is 17.2 Å². The van der Waals surface area contributed by atoms with Gasteiger partial charge < -0.3 is 10.6 Å². The number of carbonyl (C=O) groups is 1. The highest BCUT2D eigenvalue weighted by atomic mass is 32.1. The Bertz CT molecular complexity index is 711. The number of nitrogen functional groups attached to an aromatic ring is 1. The molecule has 0 bridgehead atoms. The molecule has 2 N–H and O–H groups in total. The molecule has 2 heterocycles. The maximum Gasteiger partial charge on any atom is 0.223 e. The van der Waals surface area contributed by atoms with E-state index in [0.717, 1.165) is 21.7 Å². The number of thiazole rings is 1. The minimum Gasteiger partial charge on any atom is -0.375 e. The molecule has 6 heteroatoms. The van der Waals surface area contributed by atoms with E-state index in [1.807, 2.05) is 13.0 Å². The molecule has 0 fully saturated rings. The van der Waals surface area contributed by atoms with E-state index in [1.54, 1.807) is 0 Å². The smallest absolute Gasteiger partial charge is 0.223 e. The lowest BCUT2D eigenvalue weighted by atomic mass is 10.0. The fourth-order valence-corrected chi connectivity index (χ4v) is 3.34. The fraction of sp³-hybridized carbons (Fsp3) is 0.286. The molecule has 20 heavy (non-hydrogen) atoms. The molecule has 0 spiro atoms. The van der Waals surface area contributed by atoms with Gasteiger partial charge in [-0.15, -0.1) is 11.3 Å². The highest BCUT2D eigenvalue weighted by Crippen LogP contribution is 2.37. The molecule has 1 aliphatic rings. The molecular weight excluding hydrogens is 277 g/mol. The largest absolute Gasteiger partial charge is 0.375 e. The first-order valence-electron chi connectivity index (χ1n) is 6.31. The number of hydrogen-bond donors (Lipinski definition) is 1. The number of halogens is 1. The van der Waals surface area contributed by atoms with Crippen molar-refractivity contribution in [3.63, 3.8) is 0 Å². The number of anilines is 2. The summed E-state index contributed by atoms with van der Waals surface area (Å²) in [6, 6.07) is 3.34. The summed E-state index contributed by atoms with van der Waals surface area (Å²) in [6.45, 7) is 3.90. The lowest BCUT2D eigenvalue weighted by Crippen LogP contribution is -2.26. The van der Waals surface area contributed by atoms with Crippen LogP contribution in [-0.2, 0) is 11.2 Å². The summed E-state index contributed by atoms with van der Waals surface area (Å²) in [7, 11) is 0. The zero-order valence-corrected chi connectivity index (χ0v) is 12.1. The number of aromatic nitrogens is 1. The van der Waals surface area contributed by atoms with Gasteiger partial charge in [-0.1, -0.05) is 0 Å². The Kier molecular flexibility index (Phi) is 2.97. The van der Waals surface area contributed by atoms with Gasteiger partial charge in [0.2, 0.25) is 5.91 Å². The molecule has 4 nitrogen and oxygen atoms in total. The third kappa shape index (κ3) is 1.96. The van der Waals surface area contributed by atoms with E-state index in [2.05, 4.69) is 4.98 Å². The first kappa shape index (κ1) is 13.1. The van der Waals surface area contributed by atoms with E-state index < -0.39 is 0 Å². The van der Waals surface area contributed by atoms with Crippen LogP contribution in [0.2, 0.25) is 0 Å². The fourth-order valence-electron chi connectivity index (χ4n) is 2.63. The SMILES string of the molecule is CC(=O)N1CCc2cc(-c3nc(N)sc3C)cc(F)c21. The molecule has 0 saturated carbocycles. The van der Waals surface area contributed by atoms with Gasteiger partial charge in [0, 0.05) is 23.9 Å². The van der Waals surface area contributed by atoms with E-state index in [0.29, 0.717) is 23.8 Å². The standard InChI is InChI=1S/C14H14FN3OS/c1-7-12(17-14(16)20-7)10-5-9-3-4-18(8(2)19)13(9)11(15)6-10/h5-6H,3-4H2,1-2H3,(H2,16,17). The predicted molar refractivity (Wildman–Crippen MR) is 78.4 cm³/mol. The Morgan fingerprint density at radius 3 is 2.85 bits per heavy atom. The number of aryl methyl sites for hydroxylation is 1. The van der Waals surface area contributed by atoms with Crippen LogP contribution in [0.25, 0.3) is 11.3 Å². The summed E-state index contributed by atoms with van der Waals surface area (Å²) in [5, 5.41) is 0.476. The van der Waals surface area contributed by atoms with E-state index in [9.17, 15) is 9.18 Å². The molecule has 104 valence electrons. The number of rotatable bonds is 1. The minimum absolute atomic E-state index is 0.135. The van der Waals surface area contributed by atoms with Crippen LogP contribution in [0.4, 0.5) is 15.2 Å². The molecule has 1 aromatic heterocycles. The van der Waals surface area contributed by atoms with Crippen LogP contribution in [0.1, 0.15) is 17.4 Å². The Labute approximate surface area is 120 Å². The van der Waals surface area contributed by atoms with Gasteiger partial charge in [-0.2, -0.15) is 0 Å². The molecule has 0 unspecified atom stereocenters. The second kappa shape index (κ2) is 4.56. The van der Waals surface area contributed by atoms with Gasteiger partial charge in [0.05, 0.1) is 11.4 Å². The molecule has 0 radical (unpaired) electrons. The second-order valence-electron chi connectivity index (χ2n) is 4.84. The van der Waals surface area contributed by atoms with Gasteiger partial charge in [0.1, 0.15) is 5.82 Å². The highest BCUT2D eigenvalue weighted by molar-refractivity contribution is 7.15. The number of fused-ring (bicyclic) bond motifs is 1. The lowest BCUT2D eigenvalue weighted by molar-refractivity contribution is -0.116. The van der Waals surface area contributed by atoms with E-state index in [4.69, 9.17) is 5.73 Å². The predicted octanol–water partition coefficient (Wildman–Crippen LogP) is 2.75. The molecule has 0 saturated heterocycles. The normalized spacial score (nSPS) is 13.7. The van der Waals surface area contributed by atoms with Crippen molar-refractivity contribution in [3.05, 3.63) is 28.4 Å². The maximum absolute atomic E-state index is 14.3. The van der Waals surface area contributed by atoms with Gasteiger partial charge in [0.25, 0.3) is 0 Å². The van der Waals surface area contributed by atoms with Crippen LogP contribution in [-0.4, -0.2) is 17.4 Å². The molecule has 1 amide bonds. The van der Waals surface area contributed by atoms with E-state index in [1.165, 1.54) is 29.2 Å². The topological polar surface area (TPSA) is 59.2 Å². The number of benzene rings is 1. The summed E-state index contributed by atoms with van der Waals surface area (Å²) >= 11 is 1.39. The molecule has 1 aliphatic heterocycles. The monoisotopic (exact) mass is 291 g/mol. The second-order valence-corrected chi connectivity index (χ2v) is 6.08. The van der Waals surface area contributed by atoms with Gasteiger partial charge in [-0.05, 0) is 31.0 Å². The molecule has 3 rings (SSSR count). The Balaban J connectivity index is 2.12. The van der Waals surface area contributed by atoms with Gasteiger partial charge in [0.15, 0.2) is 5.13 Å². The summed E-state index contributed by atoms with van der Waals surface area (Å²) in [5.74, 6) is -0.513. The number of hydrogen-bond acceptors (Lipinski definition) is 4. The zero-order valence-electron chi connectivity index (χ0n) is 11.2. The summed E-state index contributed by atoms with van der Waals surface area (Å²) in [5.41, 5.74) is 8.38. The Morgan fingerprint density at radius 1 is 1.50 bits per heavy atom. The number of nitrogens with two attached hydrogens (primary N) is 1. The number of amides is 1. The van der Waals surface area contributed by atoms with Crippen molar-refractivity contribution in [3.8, 4) is 11.3 Å². The maximum atomic E-state index is 14.3. The lowest BCUT2D eigenvalue weighted by Gasteiger charge is -2.15. The van der Waals surface area contributed by atoms with Crippen molar-refractivity contribution in [1.29, 1.82) is 0 Å². The van der Waals surface area contributed by atoms with Crippen molar-refractivity contribution < 1.29 is 9.18 Å². The third-order valence-corrected chi connectivity index (χ3v) is 4.28. The molecule has 1 aromatic carbocycles. The molecular formula is C14H14FN3OS. The average Bonchev–Trinajstić information content (AvgIpc) is 2.92. The van der Waals surface area contributed by atoms with Crippen LogP contribution < -0.4 is 10.6 Å². The van der Waals surface area contributed by atoms with Crippen LogP contribution in [0, 0.1) is 12.7 Å². The summed E-state index contributed by atoms with van der Waals surface area (Å²) in [4.78, 5) is 18.2. The Hall–Kier alpha value is -1.95. The van der Waals surface area contributed by atoms with E-state index >= 15 is 0 Å². The van der Waals surface area contributed by atoms with Gasteiger partial charge in [-0.25, -0.2) is 9.37 Å². The van der Waals surface area contributed by atoms with Gasteiger partial charge in [-0.3, -0.25) is 4.79 Å². The van der Waals surface area contributed by atoms with Crippen molar-refractivity contribution >= 4 is 28.1 Å². The number of nitrogens with zero attached hydrogens (tertiary/aromatic N) is 2. The first-order valence-corrected chi connectivity index (χ1v) is 7.13. The quantitative estimate of drug-likeness (QED) is 0.879.